The van der Waals surface area contributed by atoms with Gasteiger partial charge in [-0.1, -0.05) is 279 Å². The number of hydrogen-bond acceptors (Lipinski definition) is 8. The van der Waals surface area contributed by atoms with Crippen LogP contribution in [0.5, 0.6) is 23.0 Å². The molecule has 8 nitrogen and oxygen atoms in total. The fraction of sp³-hybridized carbons (Fsp3) is 0.421. The summed E-state index contributed by atoms with van der Waals surface area (Å²) in [5.74, 6) is 1.74. The van der Waals surface area contributed by atoms with E-state index in [-0.39, 0.29) is 95.7 Å². The molecule has 0 saturated heterocycles. The second kappa shape index (κ2) is 53.1. The van der Waals surface area contributed by atoms with Crippen molar-refractivity contribution in [2.45, 2.75) is 263 Å². The molecule has 10 rings (SSSR count). The monoisotopic (exact) mass is 1830 g/mol. The van der Waals surface area contributed by atoms with Crippen LogP contribution in [-0.4, -0.2) is 92.4 Å². The molecule has 668 valence electrons. The Morgan fingerprint density at radius 3 is 0.427 bits per heavy atom. The molecule has 10 aromatic carbocycles. The molecular weight excluding hydrogens is 1670 g/mol. The van der Waals surface area contributed by atoms with Crippen molar-refractivity contribution < 1.29 is 72.8 Å². The van der Waals surface area contributed by atoms with Crippen LogP contribution in [0.1, 0.15) is 294 Å². The normalized spacial score (nSPS) is 11.6. The molecule has 0 aliphatic rings. The molecule has 0 aliphatic carbocycles. The summed E-state index contributed by atoms with van der Waals surface area (Å²) in [7, 11) is 0. The number of likely N-dealkylation sites (N-methyl/N-ethyl adjacent to an activating group) is 4. The SMILES string of the molecule is CCN(CCN(CC)Cc1cc(C(C)(C)C)cc(C(C)(C)C)c1O)Cc1cc(C(C)(C)C)cc(C(C)(C)C)c1O.CCN(CCN(CC)Cc1cc(C(C)(C)C)cc(C(C)(C)C)c1O)Cc1cc(C(C)(C)C)cc(C(C)(C)C)c1O.[CH2-]c1ccccc1.[CH2-]c1ccccc1.[CH2-]c1ccccc1.[CH2-]c1ccccc1.[CH2-]c1ccccc1.[CH2-]c1ccccc1.[Zr+4].[Zr+4]. The first-order chi connectivity index (χ1) is 56.5. The van der Waals surface area contributed by atoms with Crippen molar-refractivity contribution >= 4 is 0 Å². The maximum Gasteiger partial charge on any atom is 4.00 e. The van der Waals surface area contributed by atoms with Gasteiger partial charge in [0, 0.05) is 74.6 Å². The first kappa shape index (κ1) is 114. The predicted molar refractivity (Wildman–Crippen MR) is 531 cm³/mol. The molecule has 0 bridgehead atoms. The molecule has 0 fully saturated rings. The van der Waals surface area contributed by atoms with Gasteiger partial charge >= 0.3 is 52.4 Å². The Kier molecular flexibility index (Phi) is 48.9. The summed E-state index contributed by atoms with van der Waals surface area (Å²) in [6.45, 7) is 94.0. The van der Waals surface area contributed by atoms with Crippen molar-refractivity contribution in [1.82, 2.24) is 19.6 Å². The van der Waals surface area contributed by atoms with Crippen molar-refractivity contribution in [3.63, 3.8) is 0 Å². The topological polar surface area (TPSA) is 93.9 Å². The Hall–Kier alpha value is -7.77. The maximum absolute atomic E-state index is 11.3. The molecule has 124 heavy (non-hydrogen) atoms. The third-order valence-electron chi connectivity index (χ3n) is 21.3. The fourth-order valence-corrected chi connectivity index (χ4v) is 13.1. The fourth-order valence-electron chi connectivity index (χ4n) is 13.1. The van der Waals surface area contributed by atoms with Gasteiger partial charge in [-0.15, -0.1) is 72.8 Å². The van der Waals surface area contributed by atoms with Gasteiger partial charge in [-0.2, -0.15) is 148 Å². The van der Waals surface area contributed by atoms with Gasteiger partial charge in [-0.25, -0.2) is 0 Å². The van der Waals surface area contributed by atoms with Crippen LogP contribution in [0, 0.1) is 41.5 Å². The van der Waals surface area contributed by atoms with Crippen LogP contribution in [0.3, 0.4) is 0 Å². The summed E-state index contributed by atoms with van der Waals surface area (Å²) < 4.78 is 0. The zero-order valence-corrected chi connectivity index (χ0v) is 87.2. The average molecular weight is 1840 g/mol. The molecule has 0 atom stereocenters. The van der Waals surface area contributed by atoms with E-state index in [9.17, 15) is 20.4 Å². The van der Waals surface area contributed by atoms with Crippen molar-refractivity contribution in [3.8, 4) is 23.0 Å². The second-order valence-electron chi connectivity index (χ2n) is 40.5. The number of aromatic hydroxyl groups is 4. The quantitative estimate of drug-likeness (QED) is 0.0632. The van der Waals surface area contributed by atoms with Crippen molar-refractivity contribution in [2.75, 3.05) is 52.4 Å². The molecule has 0 unspecified atom stereocenters. The van der Waals surface area contributed by atoms with E-state index in [0.717, 1.165) is 130 Å². The predicted octanol–water partition coefficient (Wildman–Crippen LogP) is 28.5. The van der Waals surface area contributed by atoms with Crippen LogP contribution in [0.15, 0.2) is 231 Å². The number of rotatable bonds is 18. The van der Waals surface area contributed by atoms with Crippen LogP contribution in [0.2, 0.25) is 0 Å². The van der Waals surface area contributed by atoms with Gasteiger partial charge in [0.15, 0.2) is 0 Å². The Labute approximate surface area is 796 Å². The van der Waals surface area contributed by atoms with Gasteiger partial charge in [0.1, 0.15) is 23.0 Å². The molecule has 0 aromatic heterocycles. The van der Waals surface area contributed by atoms with Crippen LogP contribution in [0.4, 0.5) is 0 Å². The van der Waals surface area contributed by atoms with Gasteiger partial charge in [0.25, 0.3) is 0 Å². The van der Waals surface area contributed by atoms with E-state index in [0.29, 0.717) is 49.2 Å². The standard InChI is InChI=1S/2C36H60N2O2.6C7H7.2Zr/c2*1-15-37(23-25-19-27(33(3,4)5)21-29(31(25)39)35(9,10)11)17-18-38(16-2)24-26-20-28(34(6,7)8)22-30(32(26)40)36(12,13)14;6*1-7-5-3-2-4-6-7;;/h2*19-22,39-40H,15-18,23-24H2,1-14H3;6*2-6H,1H2;;/q;;6*-1;2*+4. The molecule has 0 radical (unpaired) electrons. The van der Waals surface area contributed by atoms with Crippen LogP contribution < -0.4 is 0 Å². The van der Waals surface area contributed by atoms with Crippen molar-refractivity contribution in [1.29, 1.82) is 0 Å². The minimum absolute atomic E-state index is 0. The Balaban J connectivity index is 0.000000828. The van der Waals surface area contributed by atoms with E-state index >= 15 is 0 Å². The molecule has 0 aliphatic heterocycles. The molecule has 10 heteroatoms. The molecule has 0 heterocycles. The number of phenols is 4. The van der Waals surface area contributed by atoms with E-state index in [4.69, 9.17) is 0 Å². The van der Waals surface area contributed by atoms with E-state index in [1.165, 1.54) is 22.3 Å². The minimum atomic E-state index is -0.133. The van der Waals surface area contributed by atoms with Crippen LogP contribution in [-0.2, 0) is 122 Å². The van der Waals surface area contributed by atoms with Crippen molar-refractivity contribution in [2.24, 2.45) is 0 Å². The largest absolute Gasteiger partial charge is 4.00 e. The first-order valence-electron chi connectivity index (χ1n) is 44.1. The molecule has 4 N–H and O–H groups in total. The van der Waals surface area contributed by atoms with Gasteiger partial charge < -0.3 is 20.4 Å². The average Bonchev–Trinajstić information content (AvgIpc) is 0.801. The second-order valence-corrected chi connectivity index (χ2v) is 40.5. The van der Waals surface area contributed by atoms with Crippen molar-refractivity contribution in [3.05, 3.63) is 372 Å². The summed E-state index contributed by atoms with van der Waals surface area (Å²) >= 11 is 0. The summed E-state index contributed by atoms with van der Waals surface area (Å²) in [5.41, 5.74) is 19.1. The van der Waals surface area contributed by atoms with E-state index in [1.807, 2.05) is 182 Å². The molecule has 0 amide bonds. The Morgan fingerprint density at radius 2 is 0.339 bits per heavy atom. The van der Waals surface area contributed by atoms with Gasteiger partial charge in [-0.05, 0) is 114 Å². The van der Waals surface area contributed by atoms with E-state index in [1.54, 1.807) is 0 Å². The van der Waals surface area contributed by atoms with E-state index < -0.39 is 0 Å². The Morgan fingerprint density at radius 1 is 0.210 bits per heavy atom. The smallest absolute Gasteiger partial charge is 0.507 e. The van der Waals surface area contributed by atoms with Gasteiger partial charge in [0.2, 0.25) is 0 Å². The third kappa shape index (κ3) is 42.2. The molecule has 0 spiro atoms. The summed E-state index contributed by atoms with van der Waals surface area (Å²) in [6.07, 6.45) is 0. The first-order valence-corrected chi connectivity index (χ1v) is 44.1. The van der Waals surface area contributed by atoms with E-state index in [2.05, 4.69) is 304 Å². The molecule has 10 aromatic rings. The summed E-state index contributed by atoms with van der Waals surface area (Å²) in [6, 6.07) is 76.8. The van der Waals surface area contributed by atoms with Crippen LogP contribution >= 0.6 is 0 Å². The zero-order valence-electron chi connectivity index (χ0n) is 82.2. The summed E-state index contributed by atoms with van der Waals surface area (Å²) in [5, 5.41) is 45.3. The number of benzene rings is 10. The molecule has 0 saturated carbocycles. The zero-order chi connectivity index (χ0) is 92.4. The van der Waals surface area contributed by atoms with Gasteiger partial charge in [-0.3, -0.25) is 19.6 Å². The maximum atomic E-state index is 11.3. The minimum Gasteiger partial charge on any atom is -0.507 e. The number of phenolic OH excluding ortho intramolecular Hbond substituents is 4. The van der Waals surface area contributed by atoms with Crippen LogP contribution in [0.25, 0.3) is 0 Å². The molecular formula is C114H162N4O4Zr2+2. The number of nitrogens with zero attached hydrogens (tertiary/aromatic N) is 4. The van der Waals surface area contributed by atoms with Gasteiger partial charge in [0.05, 0.1) is 0 Å². The summed E-state index contributed by atoms with van der Waals surface area (Å²) in [4.78, 5) is 9.68. The third-order valence-corrected chi connectivity index (χ3v) is 21.3. The number of hydrogen-bond donors (Lipinski definition) is 4. The Bertz CT molecular complexity index is 3930.